The van der Waals surface area contributed by atoms with Gasteiger partial charge in [-0.05, 0) is 149 Å². The van der Waals surface area contributed by atoms with Crippen molar-refractivity contribution in [1.29, 1.82) is 0 Å². The van der Waals surface area contributed by atoms with E-state index in [1.807, 2.05) is 238 Å². The van der Waals surface area contributed by atoms with Gasteiger partial charge >= 0.3 is 21.1 Å². The Bertz CT molecular complexity index is 6150. The molecule has 15 heteroatoms. The molecule has 0 aliphatic carbocycles. The van der Waals surface area contributed by atoms with E-state index in [0.717, 1.165) is 120 Å². The SMILES string of the molecule is C.CC(=O)C=C(C)O.Cc1[c-]c(-c2ccc3cc(F)c(C)cc3n2)cc(C)c1.Cc1cc(-c2[c-]cccc2)ncc1-c1ccccc1.Cc1cc(-c2[c-]cccc2)ncc1-c1ccccc1.[Ir].[Ir].[Ir].[Pt+2].[c-]1ccccc1-c1ccc2c(n1)N1c3nc(-c4[c-]cccc4)ccc3Cc3cccc(c31)C2.[c-]1ccccc1-c1ccccn1.[c-]1ccccc1-c1ccccn1. The molecule has 0 saturated heterocycles. The van der Waals surface area contributed by atoms with Crippen LogP contribution in [0.3, 0.4) is 0 Å². The predicted molar refractivity (Wildman–Crippen MR) is 499 cm³/mol. The minimum absolute atomic E-state index is 0. The number of rotatable bonds is 10. The molecule has 7 aromatic heterocycles. The fourth-order valence-electron chi connectivity index (χ4n) is 14.2. The summed E-state index contributed by atoms with van der Waals surface area (Å²) in [4.78, 5) is 44.8. The molecule has 18 aromatic rings. The molecule has 0 bridgehead atoms. The number of fused-ring (bicyclic) bond motifs is 5. The summed E-state index contributed by atoms with van der Waals surface area (Å²) in [6, 6.07) is 133. The Morgan fingerprint density at radius 3 is 1.13 bits per heavy atom. The molecule has 0 amide bonds. The molecular formula is C112H90FIr3N8O2Pt-5. The Hall–Kier alpha value is -12.7. The third-order valence-electron chi connectivity index (χ3n) is 20.0. The largest absolute Gasteiger partial charge is 2.00 e. The number of para-hydroxylation sites is 1. The summed E-state index contributed by atoms with van der Waals surface area (Å²) in [5.74, 6) is 1.68. The van der Waals surface area contributed by atoms with E-state index in [-0.39, 0.29) is 106 Å². The summed E-state index contributed by atoms with van der Waals surface area (Å²) in [5, 5.41) is 9.18. The molecule has 0 unspecified atom stereocenters. The number of halogens is 1. The van der Waals surface area contributed by atoms with E-state index >= 15 is 0 Å². The van der Waals surface area contributed by atoms with Crippen molar-refractivity contribution in [2.75, 3.05) is 4.90 Å². The maximum atomic E-state index is 13.5. The number of hydrogen-bond donors (Lipinski definition) is 1. The molecule has 127 heavy (non-hydrogen) atoms. The first-order chi connectivity index (χ1) is 59.6. The van der Waals surface area contributed by atoms with Crippen molar-refractivity contribution >= 4 is 34.0 Å². The molecule has 0 atom stereocenters. The van der Waals surface area contributed by atoms with Crippen LogP contribution in [0.4, 0.5) is 21.7 Å². The average molecular weight is 2370 g/mol. The molecule has 1 N–H and O–H groups in total. The van der Waals surface area contributed by atoms with Crippen molar-refractivity contribution in [2.45, 2.75) is 68.7 Å². The van der Waals surface area contributed by atoms with Crippen molar-refractivity contribution in [1.82, 2.24) is 34.9 Å². The number of allylic oxidation sites excluding steroid dienone is 2. The van der Waals surface area contributed by atoms with E-state index in [1.54, 1.807) is 25.4 Å². The van der Waals surface area contributed by atoms with Crippen LogP contribution in [0.25, 0.3) is 112 Å². The first-order valence-electron chi connectivity index (χ1n) is 40.2. The van der Waals surface area contributed by atoms with Gasteiger partial charge in [-0.1, -0.05) is 173 Å². The molecule has 10 nitrogen and oxygen atoms in total. The maximum Gasteiger partial charge on any atom is 2.00 e. The summed E-state index contributed by atoms with van der Waals surface area (Å²) < 4.78 is 13.5. The summed E-state index contributed by atoms with van der Waals surface area (Å²) >= 11 is 0. The quantitative estimate of drug-likeness (QED) is 0.0802. The van der Waals surface area contributed by atoms with Gasteiger partial charge in [-0.15, -0.1) is 250 Å². The van der Waals surface area contributed by atoms with Crippen molar-refractivity contribution in [3.05, 3.63) is 469 Å². The van der Waals surface area contributed by atoms with Gasteiger partial charge in [0.1, 0.15) is 17.5 Å². The molecule has 11 aromatic carbocycles. The van der Waals surface area contributed by atoms with E-state index in [1.165, 1.54) is 92.9 Å². The average Bonchev–Trinajstić information content (AvgIpc) is 0.722. The van der Waals surface area contributed by atoms with Crippen LogP contribution < -0.4 is 4.90 Å². The molecule has 2 aliphatic heterocycles. The fraction of sp³-hybridized carbons (Fsp3) is 0.0893. The van der Waals surface area contributed by atoms with Gasteiger partial charge in [-0.2, -0.15) is 0 Å². The zero-order chi connectivity index (χ0) is 84.5. The second-order valence-corrected chi connectivity index (χ2v) is 29.2. The fourth-order valence-corrected chi connectivity index (χ4v) is 14.2. The molecule has 639 valence electrons. The van der Waals surface area contributed by atoms with Crippen LogP contribution in [0.2, 0.25) is 0 Å². The molecule has 9 heterocycles. The maximum absolute atomic E-state index is 13.5. The Morgan fingerprint density at radius 2 is 0.764 bits per heavy atom. The number of aromatic nitrogens is 7. The predicted octanol–water partition coefficient (Wildman–Crippen LogP) is 27.3. The van der Waals surface area contributed by atoms with Crippen molar-refractivity contribution in [3.8, 4) is 101 Å². The Balaban J connectivity index is 0.000000174. The number of aryl methyl sites for hydroxylation is 5. The summed E-state index contributed by atoms with van der Waals surface area (Å²) in [6.07, 6.45) is 10.4. The number of anilines is 3. The van der Waals surface area contributed by atoms with Crippen LogP contribution >= 0.6 is 0 Å². The number of ketones is 1. The second kappa shape index (κ2) is 48.7. The van der Waals surface area contributed by atoms with Gasteiger partial charge in [0.2, 0.25) is 0 Å². The molecule has 3 radical (unpaired) electrons. The van der Waals surface area contributed by atoms with Gasteiger partial charge in [0.15, 0.2) is 5.78 Å². The third-order valence-corrected chi connectivity index (χ3v) is 20.0. The molecular weight excluding hydrogens is 2280 g/mol. The Morgan fingerprint density at radius 1 is 0.378 bits per heavy atom. The number of carbonyl (C=O) groups excluding carboxylic acids is 1. The minimum atomic E-state index is -0.190. The normalized spacial score (nSPS) is 10.7. The monoisotopic (exact) mass is 2370 g/mol. The van der Waals surface area contributed by atoms with E-state index in [9.17, 15) is 9.18 Å². The number of pyridine rings is 7. The van der Waals surface area contributed by atoms with Crippen molar-refractivity contribution in [2.24, 2.45) is 0 Å². The van der Waals surface area contributed by atoms with Crippen LogP contribution in [0.15, 0.2) is 370 Å². The zero-order valence-electron chi connectivity index (χ0n) is 70.2. The van der Waals surface area contributed by atoms with Crippen LogP contribution in [-0.2, 0) is 99.0 Å². The minimum Gasteiger partial charge on any atom is -0.512 e. The zero-order valence-corrected chi connectivity index (χ0v) is 79.6. The standard InChI is InChI=1S/C30H19N3.C18H15FN.2C18H14N.2C11H8N.C5H8O2.CH4.3Ir.Pt/c1-3-8-20(9-4-1)26-16-14-24-18-22-12-7-13-23-19-25-15-17-27(21-10-5-2-6-11-21)32-30(25)33(28(22)23)29(24)31-26;1-11-6-12(2)8-15(7-11)17-5-4-14-10-16(19)13(3)9-18(14)20-17;2*1-14-12-18(16-10-6-3-7-11-16)19-13-17(14)15-8-4-2-5-9-15;2*1-2-6-10(7-3-1)11-8-4-5-9-12-11;1-4(6)3-5(2)7;;;;;/h1-8,10,12-17H,18-19H2;4-7,9-10H,1-3H3;2*2-10,12-13H,1H3;2*1-6,8-9H;3,6H,1-2H3;1H4;;;;/q-2;5*-1;;;;;;+2. The topological polar surface area (TPSA) is 131 Å². The number of aliphatic hydroxyl groups is 1. The molecule has 0 spiro atoms. The summed E-state index contributed by atoms with van der Waals surface area (Å²) in [7, 11) is 0. The van der Waals surface area contributed by atoms with Gasteiger partial charge < -0.3 is 25.0 Å². The van der Waals surface area contributed by atoms with Gasteiger partial charge in [0.05, 0.1) is 17.0 Å². The number of aliphatic hydroxyl groups excluding tert-OH is 1. The van der Waals surface area contributed by atoms with Crippen LogP contribution in [-0.4, -0.2) is 45.8 Å². The number of carbonyl (C=O) groups is 1. The molecule has 20 rings (SSSR count). The summed E-state index contributed by atoms with van der Waals surface area (Å²) in [5.41, 5.74) is 31.0. The van der Waals surface area contributed by atoms with Gasteiger partial charge in [0.25, 0.3) is 0 Å². The van der Waals surface area contributed by atoms with E-state index in [0.29, 0.717) is 5.56 Å². The first-order valence-corrected chi connectivity index (χ1v) is 40.2. The number of hydrogen-bond acceptors (Lipinski definition) is 10. The van der Waals surface area contributed by atoms with E-state index in [2.05, 4.69) is 196 Å². The van der Waals surface area contributed by atoms with E-state index in [4.69, 9.17) is 15.1 Å². The number of nitrogens with zero attached hydrogens (tertiary/aromatic N) is 8. The van der Waals surface area contributed by atoms with E-state index < -0.39 is 0 Å². The second-order valence-electron chi connectivity index (χ2n) is 29.2. The van der Waals surface area contributed by atoms with Crippen molar-refractivity contribution in [3.63, 3.8) is 0 Å². The molecule has 2 aliphatic rings. The first kappa shape index (κ1) is 98.1. The van der Waals surface area contributed by atoms with Gasteiger partial charge in [-0.3, -0.25) is 24.6 Å². The Kier molecular flexibility index (Phi) is 37.6. The van der Waals surface area contributed by atoms with Crippen LogP contribution in [0.5, 0.6) is 0 Å². The van der Waals surface area contributed by atoms with Gasteiger partial charge in [0, 0.05) is 121 Å². The van der Waals surface area contributed by atoms with Gasteiger partial charge in [-0.25, -0.2) is 4.39 Å². The van der Waals surface area contributed by atoms with Crippen molar-refractivity contribution < 1.29 is 95.7 Å². The number of benzene rings is 11. The third kappa shape index (κ3) is 26.5. The smallest absolute Gasteiger partial charge is 0.512 e. The molecule has 0 fully saturated rings. The Labute approximate surface area is 800 Å². The van der Waals surface area contributed by atoms with Crippen LogP contribution in [0.1, 0.15) is 71.3 Å². The van der Waals surface area contributed by atoms with Crippen LogP contribution in [0, 0.1) is 82.9 Å². The summed E-state index contributed by atoms with van der Waals surface area (Å²) in [6.45, 7) is 12.9. The molecule has 0 saturated carbocycles.